The molecule has 0 aliphatic carbocycles. The number of hydrogen-bond acceptors (Lipinski definition) is 2. The number of aromatic nitrogens is 2. The molecule has 0 unspecified atom stereocenters. The number of para-hydroxylation sites is 2. The molecule has 1 heterocycles. The lowest BCUT2D eigenvalue weighted by molar-refractivity contribution is 0.892. The summed E-state index contributed by atoms with van der Waals surface area (Å²) in [5, 5.41) is 4.99. The molecule has 0 spiro atoms. The Balaban J connectivity index is 1.65. The maximum atomic E-state index is 4.99. The van der Waals surface area contributed by atoms with Crippen LogP contribution in [0.15, 0.2) is 126 Å². The molecule has 0 N–H and O–H groups in total. The van der Waals surface area contributed by atoms with Gasteiger partial charge in [0, 0.05) is 17.3 Å². The Morgan fingerprint density at radius 3 is 1.90 bits per heavy atom. The average Bonchev–Trinajstić information content (AvgIpc) is 3.30. The van der Waals surface area contributed by atoms with Crippen molar-refractivity contribution in [2.75, 3.05) is 0 Å². The highest BCUT2D eigenvalue weighted by Gasteiger charge is 2.15. The number of aliphatic imine (C=N–C) groups is 1. The van der Waals surface area contributed by atoms with E-state index in [4.69, 9.17) is 10.1 Å². The summed E-state index contributed by atoms with van der Waals surface area (Å²) < 4.78 is 2.00. The van der Waals surface area contributed by atoms with E-state index in [-0.39, 0.29) is 0 Å². The van der Waals surface area contributed by atoms with E-state index >= 15 is 0 Å². The van der Waals surface area contributed by atoms with Crippen LogP contribution in [-0.4, -0.2) is 16.0 Å². The fraction of sp³-hybridized carbons (Fsp3) is 0. The molecule has 5 rings (SSSR count). The zero-order valence-corrected chi connectivity index (χ0v) is 17.0. The molecule has 3 nitrogen and oxygen atoms in total. The summed E-state index contributed by atoms with van der Waals surface area (Å²) in [4.78, 5) is 4.78. The van der Waals surface area contributed by atoms with Crippen molar-refractivity contribution in [3.8, 4) is 28.2 Å². The Hall–Kier alpha value is -4.24. The highest BCUT2D eigenvalue weighted by Crippen LogP contribution is 2.32. The second-order valence-electron chi connectivity index (χ2n) is 7.22. The molecular weight excluding hydrogens is 378 g/mol. The van der Waals surface area contributed by atoms with E-state index in [9.17, 15) is 0 Å². The van der Waals surface area contributed by atoms with E-state index in [0.717, 1.165) is 39.5 Å². The second kappa shape index (κ2) is 8.64. The van der Waals surface area contributed by atoms with Crippen molar-refractivity contribution in [1.82, 2.24) is 9.78 Å². The zero-order valence-electron chi connectivity index (χ0n) is 17.0. The van der Waals surface area contributed by atoms with Crippen molar-refractivity contribution in [2.24, 2.45) is 4.99 Å². The van der Waals surface area contributed by atoms with Gasteiger partial charge >= 0.3 is 0 Å². The molecule has 0 saturated carbocycles. The van der Waals surface area contributed by atoms with Crippen LogP contribution < -0.4 is 0 Å². The largest absolute Gasteiger partial charge is 0.254 e. The summed E-state index contributed by atoms with van der Waals surface area (Å²) in [5.41, 5.74) is 7.03. The molecule has 0 amide bonds. The van der Waals surface area contributed by atoms with Crippen LogP contribution in [0.3, 0.4) is 0 Å². The third kappa shape index (κ3) is 4.07. The quantitative estimate of drug-likeness (QED) is 0.294. The van der Waals surface area contributed by atoms with Crippen molar-refractivity contribution < 1.29 is 0 Å². The topological polar surface area (TPSA) is 30.2 Å². The van der Waals surface area contributed by atoms with Gasteiger partial charge in [-0.1, -0.05) is 103 Å². The molecule has 0 radical (unpaired) electrons. The molecule has 0 aliphatic heterocycles. The first-order valence-electron chi connectivity index (χ1n) is 10.3. The minimum Gasteiger partial charge on any atom is -0.254 e. The van der Waals surface area contributed by atoms with Crippen LogP contribution in [0.1, 0.15) is 5.56 Å². The standard InChI is InChI=1S/C28H21N3/c1-4-12-22(13-5-1)21-29-25-18-10-11-19-27(25)31-28(24-16-8-3-9-17-24)20-26(30-31)23-14-6-2-7-15-23/h1-21H. The maximum absolute atomic E-state index is 4.99. The fourth-order valence-electron chi connectivity index (χ4n) is 3.56. The monoisotopic (exact) mass is 399 g/mol. The molecule has 0 aliphatic rings. The first-order valence-corrected chi connectivity index (χ1v) is 10.3. The summed E-state index contributed by atoms with van der Waals surface area (Å²) in [6.07, 6.45) is 1.89. The van der Waals surface area contributed by atoms with Gasteiger partial charge < -0.3 is 0 Å². The van der Waals surface area contributed by atoms with E-state index in [2.05, 4.69) is 36.4 Å². The summed E-state index contributed by atoms with van der Waals surface area (Å²) in [5.74, 6) is 0. The van der Waals surface area contributed by atoms with Gasteiger partial charge in [-0.05, 0) is 23.8 Å². The van der Waals surface area contributed by atoms with Crippen molar-refractivity contribution >= 4 is 11.9 Å². The minimum absolute atomic E-state index is 0.867. The molecular formula is C28H21N3. The van der Waals surface area contributed by atoms with Crippen LogP contribution in [0.25, 0.3) is 28.2 Å². The van der Waals surface area contributed by atoms with E-state index < -0.39 is 0 Å². The normalized spacial score (nSPS) is 11.1. The van der Waals surface area contributed by atoms with E-state index in [1.165, 1.54) is 0 Å². The van der Waals surface area contributed by atoms with Gasteiger partial charge in [-0.15, -0.1) is 0 Å². The zero-order chi connectivity index (χ0) is 20.9. The molecule has 0 fully saturated rings. The first kappa shape index (κ1) is 18.8. The third-order valence-electron chi connectivity index (χ3n) is 5.11. The predicted molar refractivity (Wildman–Crippen MR) is 128 cm³/mol. The average molecular weight is 399 g/mol. The molecule has 0 saturated heterocycles. The highest BCUT2D eigenvalue weighted by atomic mass is 15.3. The van der Waals surface area contributed by atoms with Gasteiger partial charge in [-0.25, -0.2) is 4.68 Å². The molecule has 0 bridgehead atoms. The third-order valence-corrected chi connectivity index (χ3v) is 5.11. The van der Waals surface area contributed by atoms with Crippen molar-refractivity contribution in [2.45, 2.75) is 0 Å². The minimum atomic E-state index is 0.867. The van der Waals surface area contributed by atoms with Gasteiger partial charge in [0.25, 0.3) is 0 Å². The molecule has 5 aromatic rings. The van der Waals surface area contributed by atoms with Crippen LogP contribution in [0.2, 0.25) is 0 Å². The number of nitrogens with zero attached hydrogens (tertiary/aromatic N) is 3. The van der Waals surface area contributed by atoms with Gasteiger partial charge in [-0.2, -0.15) is 5.10 Å². The Morgan fingerprint density at radius 1 is 0.613 bits per heavy atom. The second-order valence-corrected chi connectivity index (χ2v) is 7.22. The van der Waals surface area contributed by atoms with E-state index in [1.807, 2.05) is 95.8 Å². The van der Waals surface area contributed by atoms with Gasteiger partial charge in [0.15, 0.2) is 0 Å². The van der Waals surface area contributed by atoms with Gasteiger partial charge in [-0.3, -0.25) is 4.99 Å². The van der Waals surface area contributed by atoms with Gasteiger partial charge in [0.2, 0.25) is 0 Å². The Bertz CT molecular complexity index is 1300. The van der Waals surface area contributed by atoms with Crippen LogP contribution in [0.4, 0.5) is 5.69 Å². The van der Waals surface area contributed by atoms with E-state index in [0.29, 0.717) is 0 Å². The molecule has 3 heteroatoms. The predicted octanol–water partition coefficient (Wildman–Crippen LogP) is 6.96. The highest BCUT2D eigenvalue weighted by molar-refractivity contribution is 5.83. The van der Waals surface area contributed by atoms with E-state index in [1.54, 1.807) is 0 Å². The smallest absolute Gasteiger partial charge is 0.0934 e. The van der Waals surface area contributed by atoms with Gasteiger partial charge in [0.05, 0.1) is 22.8 Å². The summed E-state index contributed by atoms with van der Waals surface area (Å²) >= 11 is 0. The molecule has 4 aromatic carbocycles. The lowest BCUT2D eigenvalue weighted by Crippen LogP contribution is -2.00. The molecule has 31 heavy (non-hydrogen) atoms. The SMILES string of the molecule is C(=Nc1ccccc1-n1nc(-c2ccccc2)cc1-c1ccccc1)c1ccccc1. The Kier molecular flexibility index (Phi) is 5.23. The van der Waals surface area contributed by atoms with Crippen LogP contribution in [0, 0.1) is 0 Å². The lowest BCUT2D eigenvalue weighted by Gasteiger charge is -2.10. The number of benzene rings is 4. The summed E-state index contributed by atoms with van der Waals surface area (Å²) in [7, 11) is 0. The number of hydrogen-bond donors (Lipinski definition) is 0. The first-order chi connectivity index (χ1) is 15.4. The maximum Gasteiger partial charge on any atom is 0.0934 e. The van der Waals surface area contributed by atoms with Crippen LogP contribution >= 0.6 is 0 Å². The fourth-order valence-corrected chi connectivity index (χ4v) is 3.56. The van der Waals surface area contributed by atoms with Crippen molar-refractivity contribution in [3.05, 3.63) is 127 Å². The van der Waals surface area contributed by atoms with Crippen LogP contribution in [0.5, 0.6) is 0 Å². The lowest BCUT2D eigenvalue weighted by atomic mass is 10.1. The number of rotatable bonds is 5. The van der Waals surface area contributed by atoms with Gasteiger partial charge in [0.1, 0.15) is 0 Å². The summed E-state index contributed by atoms with van der Waals surface area (Å²) in [6, 6.07) is 41.0. The molecule has 148 valence electrons. The molecule has 0 atom stereocenters. The molecule has 1 aromatic heterocycles. The Morgan fingerprint density at radius 2 is 1.19 bits per heavy atom. The van der Waals surface area contributed by atoms with Crippen LogP contribution in [-0.2, 0) is 0 Å². The Labute approximate surface area is 182 Å². The van der Waals surface area contributed by atoms with Crippen molar-refractivity contribution in [1.29, 1.82) is 0 Å². The van der Waals surface area contributed by atoms with Crippen molar-refractivity contribution in [3.63, 3.8) is 0 Å². The summed E-state index contributed by atoms with van der Waals surface area (Å²) in [6.45, 7) is 0.